The van der Waals surface area contributed by atoms with Crippen LogP contribution in [0.2, 0.25) is 5.02 Å². The van der Waals surface area contributed by atoms with Gasteiger partial charge < -0.3 is 10.7 Å². The smallest absolute Gasteiger partial charge is 0.245 e. The lowest BCUT2D eigenvalue weighted by Crippen LogP contribution is -2.42. The summed E-state index contributed by atoms with van der Waals surface area (Å²) in [6.45, 7) is 2.94. The summed E-state index contributed by atoms with van der Waals surface area (Å²) in [7, 11) is -3.58. The van der Waals surface area contributed by atoms with Crippen LogP contribution in [0.15, 0.2) is 23.4 Å². The molecular formula is C14H19ClN4O2S. The van der Waals surface area contributed by atoms with Gasteiger partial charge in [0, 0.05) is 31.5 Å². The van der Waals surface area contributed by atoms with Crippen molar-refractivity contribution in [2.75, 3.05) is 13.1 Å². The molecule has 3 N–H and O–H groups in total. The van der Waals surface area contributed by atoms with Gasteiger partial charge in [-0.25, -0.2) is 13.4 Å². The van der Waals surface area contributed by atoms with E-state index in [1.165, 1.54) is 10.5 Å². The van der Waals surface area contributed by atoms with Crippen LogP contribution in [-0.2, 0) is 10.0 Å². The summed E-state index contributed by atoms with van der Waals surface area (Å²) in [5, 5.41) is 0.841. The third kappa shape index (κ3) is 2.62. The molecule has 0 amide bonds. The van der Waals surface area contributed by atoms with Crippen molar-refractivity contribution in [2.24, 2.45) is 11.7 Å². The number of halogens is 1. The van der Waals surface area contributed by atoms with Gasteiger partial charge in [-0.3, -0.25) is 0 Å². The van der Waals surface area contributed by atoms with E-state index < -0.39 is 10.0 Å². The monoisotopic (exact) mass is 342 g/mol. The first-order valence-corrected chi connectivity index (χ1v) is 9.10. The standard InChI is InChI=1S/C14H19ClN4O2S/c1-9(16)10-3-6-19(7-4-10)22(20,21)12-8-18-14-13(12)11(15)2-5-17-14/h2,5,8-10H,3-4,6-7,16H2,1H3,(H,17,18). The van der Waals surface area contributed by atoms with E-state index in [-0.39, 0.29) is 10.9 Å². The zero-order chi connectivity index (χ0) is 15.9. The van der Waals surface area contributed by atoms with Crippen LogP contribution in [0.25, 0.3) is 11.0 Å². The quantitative estimate of drug-likeness (QED) is 0.891. The molecule has 22 heavy (non-hydrogen) atoms. The van der Waals surface area contributed by atoms with Crippen LogP contribution in [-0.4, -0.2) is 41.8 Å². The number of fused-ring (bicyclic) bond motifs is 1. The fraction of sp³-hybridized carbons (Fsp3) is 0.500. The predicted octanol–water partition coefficient (Wildman–Crippen LogP) is 1.96. The highest BCUT2D eigenvalue weighted by Crippen LogP contribution is 2.32. The minimum Gasteiger partial charge on any atom is -0.345 e. The lowest BCUT2D eigenvalue weighted by Gasteiger charge is -2.32. The maximum atomic E-state index is 12.9. The van der Waals surface area contributed by atoms with E-state index in [1.54, 1.807) is 12.3 Å². The first kappa shape index (κ1) is 15.7. The Balaban J connectivity index is 1.93. The molecule has 2 aromatic heterocycles. The number of H-pyrrole nitrogens is 1. The molecule has 1 aliphatic heterocycles. The molecule has 0 aromatic carbocycles. The van der Waals surface area contributed by atoms with Gasteiger partial charge >= 0.3 is 0 Å². The third-order valence-electron chi connectivity index (χ3n) is 4.35. The van der Waals surface area contributed by atoms with Crippen LogP contribution >= 0.6 is 11.6 Å². The first-order valence-electron chi connectivity index (χ1n) is 7.28. The van der Waals surface area contributed by atoms with Crippen molar-refractivity contribution < 1.29 is 8.42 Å². The van der Waals surface area contributed by atoms with E-state index in [2.05, 4.69) is 9.97 Å². The van der Waals surface area contributed by atoms with Crippen molar-refractivity contribution in [3.8, 4) is 0 Å². The summed E-state index contributed by atoms with van der Waals surface area (Å²) < 4.78 is 27.3. The molecule has 0 radical (unpaired) electrons. The highest BCUT2D eigenvalue weighted by atomic mass is 35.5. The normalized spacial score (nSPS) is 19.6. The summed E-state index contributed by atoms with van der Waals surface area (Å²) in [6.07, 6.45) is 4.58. The topological polar surface area (TPSA) is 92.1 Å². The summed E-state index contributed by atoms with van der Waals surface area (Å²) in [5.41, 5.74) is 6.39. The van der Waals surface area contributed by atoms with Crippen molar-refractivity contribution in [1.29, 1.82) is 0 Å². The molecule has 3 heterocycles. The van der Waals surface area contributed by atoms with Gasteiger partial charge in [-0.15, -0.1) is 0 Å². The van der Waals surface area contributed by atoms with Gasteiger partial charge in [-0.2, -0.15) is 4.31 Å². The summed E-state index contributed by atoms with van der Waals surface area (Å²) in [4.78, 5) is 7.19. The van der Waals surface area contributed by atoms with E-state index in [9.17, 15) is 8.42 Å². The summed E-state index contributed by atoms with van der Waals surface area (Å²) in [5.74, 6) is 0.375. The second kappa shape index (κ2) is 5.81. The molecule has 1 saturated heterocycles. The molecule has 1 fully saturated rings. The lowest BCUT2D eigenvalue weighted by molar-refractivity contribution is 0.251. The summed E-state index contributed by atoms with van der Waals surface area (Å²) >= 11 is 6.15. The van der Waals surface area contributed by atoms with Gasteiger partial charge in [0.25, 0.3) is 0 Å². The summed E-state index contributed by atoms with van der Waals surface area (Å²) in [6, 6.07) is 1.69. The van der Waals surface area contributed by atoms with E-state index >= 15 is 0 Å². The molecule has 8 heteroatoms. The average Bonchev–Trinajstić information content (AvgIpc) is 2.93. The predicted molar refractivity (Wildman–Crippen MR) is 86.2 cm³/mol. The van der Waals surface area contributed by atoms with Gasteiger partial charge in [0.15, 0.2) is 0 Å². The highest BCUT2D eigenvalue weighted by molar-refractivity contribution is 7.89. The van der Waals surface area contributed by atoms with Gasteiger partial charge in [0.05, 0.1) is 10.4 Å². The van der Waals surface area contributed by atoms with Gasteiger partial charge in [0.1, 0.15) is 10.5 Å². The van der Waals surface area contributed by atoms with Gasteiger partial charge in [-0.1, -0.05) is 11.6 Å². The number of pyridine rings is 1. The Labute approximate surface area is 134 Å². The zero-order valence-electron chi connectivity index (χ0n) is 12.3. The van der Waals surface area contributed by atoms with Crippen molar-refractivity contribution >= 4 is 32.7 Å². The van der Waals surface area contributed by atoms with E-state index in [4.69, 9.17) is 17.3 Å². The molecule has 0 bridgehead atoms. The average molecular weight is 343 g/mol. The number of sulfonamides is 1. The molecule has 1 aliphatic rings. The zero-order valence-corrected chi connectivity index (χ0v) is 13.9. The number of nitrogens with one attached hydrogen (secondary N) is 1. The van der Waals surface area contributed by atoms with Crippen LogP contribution < -0.4 is 5.73 Å². The number of hydrogen-bond donors (Lipinski definition) is 2. The molecular weight excluding hydrogens is 324 g/mol. The van der Waals surface area contributed by atoms with Crippen LogP contribution in [0.5, 0.6) is 0 Å². The molecule has 6 nitrogen and oxygen atoms in total. The maximum absolute atomic E-state index is 12.9. The minimum atomic E-state index is -3.58. The molecule has 1 atom stereocenters. The lowest BCUT2D eigenvalue weighted by atomic mass is 9.92. The number of nitrogens with two attached hydrogens (primary N) is 1. The molecule has 1 unspecified atom stereocenters. The Kier molecular flexibility index (Phi) is 4.15. The fourth-order valence-corrected chi connectivity index (χ4v) is 4.92. The van der Waals surface area contributed by atoms with Crippen molar-refractivity contribution in [2.45, 2.75) is 30.7 Å². The van der Waals surface area contributed by atoms with E-state index in [0.29, 0.717) is 35.1 Å². The third-order valence-corrected chi connectivity index (χ3v) is 6.58. The van der Waals surface area contributed by atoms with Crippen LogP contribution in [0, 0.1) is 5.92 Å². The molecule has 0 aliphatic carbocycles. The number of rotatable bonds is 3. The second-order valence-corrected chi connectivity index (χ2v) is 8.08. The van der Waals surface area contributed by atoms with Crippen molar-refractivity contribution in [1.82, 2.24) is 14.3 Å². The number of aromatic nitrogens is 2. The minimum absolute atomic E-state index is 0.0941. The van der Waals surface area contributed by atoms with Gasteiger partial charge in [-0.05, 0) is 31.7 Å². The van der Waals surface area contributed by atoms with Crippen LogP contribution in [0.1, 0.15) is 19.8 Å². The Hall–Kier alpha value is -1.15. The maximum Gasteiger partial charge on any atom is 0.245 e. The Morgan fingerprint density at radius 1 is 1.45 bits per heavy atom. The molecule has 2 aromatic rings. The van der Waals surface area contributed by atoms with Gasteiger partial charge in [0.2, 0.25) is 10.0 Å². The number of piperidine rings is 1. The molecule has 0 spiro atoms. The number of hydrogen-bond acceptors (Lipinski definition) is 4. The van der Waals surface area contributed by atoms with Crippen LogP contribution in [0.3, 0.4) is 0 Å². The highest BCUT2D eigenvalue weighted by Gasteiger charge is 2.32. The van der Waals surface area contributed by atoms with Crippen LogP contribution in [0.4, 0.5) is 0 Å². The second-order valence-electron chi connectivity index (χ2n) is 5.77. The Morgan fingerprint density at radius 2 is 2.14 bits per heavy atom. The largest absolute Gasteiger partial charge is 0.345 e. The molecule has 120 valence electrons. The van der Waals surface area contributed by atoms with E-state index in [1.807, 2.05) is 6.92 Å². The number of nitrogens with zero attached hydrogens (tertiary/aromatic N) is 2. The van der Waals surface area contributed by atoms with E-state index in [0.717, 1.165) is 12.8 Å². The number of aromatic amines is 1. The fourth-order valence-electron chi connectivity index (χ4n) is 2.97. The Bertz CT molecular complexity index is 779. The molecule has 3 rings (SSSR count). The van der Waals surface area contributed by atoms with Crippen molar-refractivity contribution in [3.63, 3.8) is 0 Å². The Morgan fingerprint density at radius 3 is 2.77 bits per heavy atom. The molecule has 0 saturated carbocycles. The first-order chi connectivity index (χ1) is 10.4. The SMILES string of the molecule is CC(N)C1CCN(S(=O)(=O)c2c[nH]c3nccc(Cl)c23)CC1. The van der Waals surface area contributed by atoms with Crippen molar-refractivity contribution in [3.05, 3.63) is 23.5 Å².